The minimum Gasteiger partial charge on any atom is -0.361 e. The highest BCUT2D eigenvalue weighted by atomic mass is 32.3. The van der Waals surface area contributed by atoms with Crippen molar-refractivity contribution in [2.45, 2.75) is 10.9 Å². The van der Waals surface area contributed by atoms with Crippen LogP contribution in [0.2, 0.25) is 0 Å². The van der Waals surface area contributed by atoms with E-state index in [-0.39, 0.29) is 10.9 Å². The molecule has 5 aliphatic heterocycles. The van der Waals surface area contributed by atoms with Crippen molar-refractivity contribution in [2.24, 2.45) is 0 Å². The molecular formula is C11H8O2S8. The Bertz CT molecular complexity index is 551. The Morgan fingerprint density at radius 1 is 0.619 bits per heavy atom. The molecule has 0 saturated carbocycles. The first-order chi connectivity index (χ1) is 10.4. The van der Waals surface area contributed by atoms with Gasteiger partial charge in [0.2, 0.25) is 0 Å². The van der Waals surface area contributed by atoms with E-state index in [2.05, 4.69) is 0 Å². The molecule has 5 heterocycles. The topological polar surface area (TPSA) is 18.5 Å². The predicted molar refractivity (Wildman–Crippen MR) is 106 cm³/mol. The van der Waals surface area contributed by atoms with E-state index in [0.29, 0.717) is 0 Å². The Morgan fingerprint density at radius 3 is 1.62 bits per heavy atom. The predicted octanol–water partition coefficient (Wildman–Crippen LogP) is 5.94. The van der Waals surface area contributed by atoms with Gasteiger partial charge in [-0.1, -0.05) is 70.6 Å². The van der Waals surface area contributed by atoms with Crippen LogP contribution in [0.25, 0.3) is 0 Å². The van der Waals surface area contributed by atoms with E-state index in [4.69, 9.17) is 9.47 Å². The van der Waals surface area contributed by atoms with Crippen LogP contribution < -0.4 is 0 Å². The van der Waals surface area contributed by atoms with E-state index in [1.807, 2.05) is 94.1 Å². The summed E-state index contributed by atoms with van der Waals surface area (Å²) in [6.45, 7) is 1.44. The highest BCUT2D eigenvalue weighted by Crippen LogP contribution is 2.70. The van der Waals surface area contributed by atoms with E-state index < -0.39 is 0 Å². The molecule has 0 bridgehead atoms. The largest absolute Gasteiger partial charge is 0.361 e. The summed E-state index contributed by atoms with van der Waals surface area (Å²) in [6.07, 6.45) is 0. The van der Waals surface area contributed by atoms with Gasteiger partial charge in [-0.25, -0.2) is 0 Å². The molecule has 0 amide bonds. The Labute approximate surface area is 157 Å². The molecule has 0 unspecified atom stereocenters. The molecule has 2 atom stereocenters. The van der Waals surface area contributed by atoms with E-state index in [1.54, 1.807) is 0 Å². The van der Waals surface area contributed by atoms with Gasteiger partial charge < -0.3 is 9.47 Å². The van der Waals surface area contributed by atoms with Gasteiger partial charge in [0.05, 0.1) is 38.6 Å². The number of fused-ring (bicyclic) bond motifs is 1. The van der Waals surface area contributed by atoms with Crippen LogP contribution in [-0.4, -0.2) is 29.2 Å². The van der Waals surface area contributed by atoms with Crippen LogP contribution in [0.1, 0.15) is 0 Å². The Hall–Kier alpha value is 1.94. The van der Waals surface area contributed by atoms with E-state index in [0.717, 1.165) is 13.2 Å². The van der Waals surface area contributed by atoms with E-state index in [9.17, 15) is 0 Å². The lowest BCUT2D eigenvalue weighted by Crippen LogP contribution is -2.35. The van der Waals surface area contributed by atoms with Crippen molar-refractivity contribution >= 4 is 94.1 Å². The zero-order chi connectivity index (χ0) is 13.8. The van der Waals surface area contributed by atoms with Gasteiger partial charge in [-0.3, -0.25) is 0 Å². The maximum absolute atomic E-state index is 5.83. The molecule has 0 radical (unpaired) electrons. The quantitative estimate of drug-likeness (QED) is 0.459. The highest BCUT2D eigenvalue weighted by Gasteiger charge is 2.41. The van der Waals surface area contributed by atoms with Gasteiger partial charge >= 0.3 is 0 Å². The summed E-state index contributed by atoms with van der Waals surface area (Å²) < 4.78 is 20.4. The average molecular weight is 429 g/mol. The molecule has 0 aromatic heterocycles. The van der Waals surface area contributed by atoms with Gasteiger partial charge in [0.25, 0.3) is 0 Å². The number of ether oxygens (including phenoxy) is 2. The minimum absolute atomic E-state index is 0.165. The van der Waals surface area contributed by atoms with Crippen molar-refractivity contribution in [1.82, 2.24) is 0 Å². The smallest absolute Gasteiger partial charge is 0.144 e. The third-order valence-electron chi connectivity index (χ3n) is 2.94. The number of thioether (sulfide) groups is 8. The van der Waals surface area contributed by atoms with Gasteiger partial charge in [-0.2, -0.15) is 0 Å². The Balaban J connectivity index is 1.34. The third-order valence-corrected chi connectivity index (χ3v) is 15.0. The van der Waals surface area contributed by atoms with Crippen LogP contribution in [0.15, 0.2) is 25.4 Å². The van der Waals surface area contributed by atoms with Crippen LogP contribution >= 0.6 is 94.1 Å². The van der Waals surface area contributed by atoms with Crippen molar-refractivity contribution in [3.63, 3.8) is 0 Å². The lowest BCUT2D eigenvalue weighted by Gasteiger charge is -2.33. The normalized spacial score (nSPS) is 35.4. The molecule has 5 rings (SSSR count). The van der Waals surface area contributed by atoms with Crippen molar-refractivity contribution in [1.29, 1.82) is 0 Å². The van der Waals surface area contributed by atoms with Gasteiger partial charge in [0, 0.05) is 5.08 Å². The summed E-state index contributed by atoms with van der Waals surface area (Å²) in [5.41, 5.74) is 0.330. The first kappa shape index (κ1) is 15.2. The van der Waals surface area contributed by atoms with Gasteiger partial charge in [0.15, 0.2) is 0 Å². The molecule has 2 nitrogen and oxygen atoms in total. The highest BCUT2D eigenvalue weighted by molar-refractivity contribution is 8.48. The summed E-state index contributed by atoms with van der Waals surface area (Å²) in [5.74, 6) is 0. The zero-order valence-electron chi connectivity index (χ0n) is 10.4. The fourth-order valence-corrected chi connectivity index (χ4v) is 14.9. The van der Waals surface area contributed by atoms with Gasteiger partial charge in [0.1, 0.15) is 10.9 Å². The SMILES string of the molecule is C1CO[C@H]2SC3=C(SC(=C4SC5=C(SCS5)S4)S3)S[C@H]2O1. The molecule has 1 saturated heterocycles. The molecule has 1 fully saturated rings. The zero-order valence-corrected chi connectivity index (χ0v) is 16.9. The summed E-state index contributed by atoms with van der Waals surface area (Å²) in [7, 11) is 0. The second-order valence-corrected chi connectivity index (χ2v) is 14.4. The first-order valence-electron chi connectivity index (χ1n) is 6.13. The van der Waals surface area contributed by atoms with Crippen molar-refractivity contribution in [3.8, 4) is 0 Å². The maximum atomic E-state index is 5.83. The maximum Gasteiger partial charge on any atom is 0.144 e. The van der Waals surface area contributed by atoms with Crippen molar-refractivity contribution in [2.75, 3.05) is 18.3 Å². The van der Waals surface area contributed by atoms with Crippen molar-refractivity contribution in [3.05, 3.63) is 25.4 Å². The molecule has 0 spiro atoms. The van der Waals surface area contributed by atoms with E-state index >= 15 is 0 Å². The van der Waals surface area contributed by atoms with Crippen LogP contribution in [0.4, 0.5) is 0 Å². The summed E-state index contributed by atoms with van der Waals surface area (Å²) >= 11 is 15.4. The molecule has 21 heavy (non-hydrogen) atoms. The fraction of sp³-hybridized carbons (Fsp3) is 0.455. The molecule has 10 heteroatoms. The molecule has 112 valence electrons. The first-order valence-corrected chi connectivity index (χ1v) is 13.1. The summed E-state index contributed by atoms with van der Waals surface area (Å²) in [6, 6.07) is 0. The monoisotopic (exact) mass is 428 g/mol. The average Bonchev–Trinajstić information content (AvgIpc) is 3.17. The molecule has 0 aromatic rings. The standard InChI is InChI=1S/C11H8O2S8/c1-2-13-5-4(12-1)16-8-9(17-5)21-11(20-8)10-18-6-7(19-10)15-3-14-6/h4-5H,1-3H2/t4-,5+. The van der Waals surface area contributed by atoms with Gasteiger partial charge in [-0.15, -0.1) is 23.5 Å². The Morgan fingerprint density at radius 2 is 1.10 bits per heavy atom. The number of hydrogen-bond donors (Lipinski definition) is 0. The number of hydrogen-bond acceptors (Lipinski definition) is 10. The van der Waals surface area contributed by atoms with Crippen LogP contribution in [0.3, 0.4) is 0 Å². The number of rotatable bonds is 0. The second kappa shape index (κ2) is 6.34. The molecule has 0 N–H and O–H groups in total. The fourth-order valence-electron chi connectivity index (χ4n) is 2.05. The second-order valence-electron chi connectivity index (χ2n) is 4.25. The van der Waals surface area contributed by atoms with Crippen molar-refractivity contribution < 1.29 is 9.47 Å². The van der Waals surface area contributed by atoms with E-state index in [1.165, 1.54) is 30.5 Å². The molecular weight excluding hydrogens is 421 g/mol. The summed E-state index contributed by atoms with van der Waals surface area (Å²) in [4.78, 5) is 0. The third kappa shape index (κ3) is 2.89. The van der Waals surface area contributed by atoms with Crippen LogP contribution in [-0.2, 0) is 9.47 Å². The lowest BCUT2D eigenvalue weighted by atomic mass is 10.6. The summed E-state index contributed by atoms with van der Waals surface area (Å²) in [5, 5.41) is 1.19. The minimum atomic E-state index is 0.165. The molecule has 5 aliphatic rings. The lowest BCUT2D eigenvalue weighted by molar-refractivity contribution is -0.0659. The molecule has 0 aliphatic carbocycles. The van der Waals surface area contributed by atoms with Crippen LogP contribution in [0.5, 0.6) is 0 Å². The Kier molecular flexibility index (Phi) is 4.60. The molecule has 0 aromatic carbocycles. The van der Waals surface area contributed by atoms with Gasteiger partial charge in [-0.05, 0) is 0 Å². The van der Waals surface area contributed by atoms with Crippen LogP contribution in [0, 0.1) is 0 Å².